The van der Waals surface area contributed by atoms with E-state index in [9.17, 15) is 0 Å². The van der Waals surface area contributed by atoms with E-state index in [4.69, 9.17) is 0 Å². The van der Waals surface area contributed by atoms with E-state index >= 15 is 0 Å². The summed E-state index contributed by atoms with van der Waals surface area (Å²) in [6, 6.07) is 9.05. The van der Waals surface area contributed by atoms with Crippen molar-refractivity contribution in [3.05, 3.63) is 35.4 Å². The Morgan fingerprint density at radius 1 is 1.07 bits per heavy atom. The van der Waals surface area contributed by atoms with Crippen LogP contribution >= 0.6 is 15.9 Å². The quantitative estimate of drug-likeness (QED) is 0.692. The van der Waals surface area contributed by atoms with Crippen molar-refractivity contribution in [1.29, 1.82) is 0 Å². The van der Waals surface area contributed by atoms with Gasteiger partial charge >= 0.3 is 0 Å². The maximum atomic E-state index is 3.60. The van der Waals surface area contributed by atoms with Crippen LogP contribution in [-0.2, 0) is 12.8 Å². The van der Waals surface area contributed by atoms with Crippen LogP contribution in [-0.4, -0.2) is 5.33 Å². The van der Waals surface area contributed by atoms with Gasteiger partial charge in [0.05, 0.1) is 0 Å². The number of aryl methyl sites for hydroxylation is 1. The minimum Gasteiger partial charge on any atom is -0.0925 e. The summed E-state index contributed by atoms with van der Waals surface area (Å²) < 4.78 is 0. The molecule has 0 saturated heterocycles. The fraction of sp³-hybridized carbons (Fsp3) is 0.571. The molecule has 84 valence electrons. The number of alkyl halides is 1. The highest BCUT2D eigenvalue weighted by Gasteiger charge is 2.12. The Morgan fingerprint density at radius 3 is 2.00 bits per heavy atom. The number of hydrogen-bond donors (Lipinski definition) is 0. The first-order valence-corrected chi connectivity index (χ1v) is 6.93. The van der Waals surface area contributed by atoms with Crippen LogP contribution in [0.5, 0.6) is 0 Å². The summed E-state index contributed by atoms with van der Waals surface area (Å²) in [5.74, 6) is 1.49. The monoisotopic (exact) mass is 268 g/mol. The third kappa shape index (κ3) is 3.98. The van der Waals surface area contributed by atoms with Gasteiger partial charge in [0.15, 0.2) is 0 Å². The molecule has 0 aliphatic carbocycles. The van der Waals surface area contributed by atoms with Crippen molar-refractivity contribution in [2.24, 2.45) is 11.8 Å². The molecule has 0 amide bonds. The molecule has 0 aliphatic heterocycles. The van der Waals surface area contributed by atoms with Crippen molar-refractivity contribution in [2.75, 3.05) is 5.33 Å². The summed E-state index contributed by atoms with van der Waals surface area (Å²) in [5, 5.41) is 1.10. The van der Waals surface area contributed by atoms with Crippen molar-refractivity contribution in [2.45, 2.75) is 33.6 Å². The van der Waals surface area contributed by atoms with E-state index in [1.54, 1.807) is 0 Å². The molecular formula is C14H21Br. The van der Waals surface area contributed by atoms with Crippen molar-refractivity contribution < 1.29 is 0 Å². The third-order valence-electron chi connectivity index (χ3n) is 3.07. The molecule has 0 aromatic heterocycles. The van der Waals surface area contributed by atoms with E-state index in [-0.39, 0.29) is 0 Å². The summed E-state index contributed by atoms with van der Waals surface area (Å²) in [4.78, 5) is 0. The average molecular weight is 269 g/mol. The van der Waals surface area contributed by atoms with E-state index in [1.165, 1.54) is 17.5 Å². The summed E-state index contributed by atoms with van der Waals surface area (Å²) in [7, 11) is 0. The molecule has 0 saturated carbocycles. The topological polar surface area (TPSA) is 0 Å². The Labute approximate surface area is 102 Å². The lowest BCUT2D eigenvalue weighted by molar-refractivity contribution is 0.427. The number of hydrogen-bond acceptors (Lipinski definition) is 0. The van der Waals surface area contributed by atoms with Gasteiger partial charge in [-0.3, -0.25) is 0 Å². The van der Waals surface area contributed by atoms with E-state index in [2.05, 4.69) is 61.0 Å². The molecule has 0 aliphatic rings. The molecule has 0 spiro atoms. The van der Waals surface area contributed by atoms with Crippen LogP contribution in [0.1, 0.15) is 31.9 Å². The van der Waals surface area contributed by atoms with Crippen molar-refractivity contribution in [3.8, 4) is 0 Å². The molecule has 0 radical (unpaired) electrons. The fourth-order valence-electron chi connectivity index (χ4n) is 1.68. The largest absolute Gasteiger partial charge is 0.0925 e. The van der Waals surface area contributed by atoms with Crippen LogP contribution < -0.4 is 0 Å². The predicted molar refractivity (Wildman–Crippen MR) is 71.6 cm³/mol. The third-order valence-corrected chi connectivity index (χ3v) is 3.90. The zero-order valence-corrected chi connectivity index (χ0v) is 11.5. The second kappa shape index (κ2) is 6.32. The van der Waals surface area contributed by atoms with Gasteiger partial charge in [-0.25, -0.2) is 0 Å². The first kappa shape index (κ1) is 12.8. The van der Waals surface area contributed by atoms with Gasteiger partial charge < -0.3 is 0 Å². The molecule has 0 heterocycles. The van der Waals surface area contributed by atoms with Gasteiger partial charge in [-0.1, -0.05) is 61.0 Å². The Morgan fingerprint density at radius 2 is 1.60 bits per heavy atom. The molecule has 0 bridgehead atoms. The lowest BCUT2D eigenvalue weighted by Crippen LogP contribution is -2.13. The zero-order chi connectivity index (χ0) is 11.3. The van der Waals surface area contributed by atoms with Gasteiger partial charge in [0.25, 0.3) is 0 Å². The highest BCUT2D eigenvalue weighted by Crippen LogP contribution is 2.19. The molecular weight excluding hydrogens is 248 g/mol. The summed E-state index contributed by atoms with van der Waals surface area (Å²) >= 11 is 3.60. The second-order valence-electron chi connectivity index (χ2n) is 4.53. The number of benzene rings is 1. The van der Waals surface area contributed by atoms with Gasteiger partial charge in [0.2, 0.25) is 0 Å². The van der Waals surface area contributed by atoms with Crippen molar-refractivity contribution in [3.63, 3.8) is 0 Å². The maximum Gasteiger partial charge on any atom is 0.00652 e. The zero-order valence-electron chi connectivity index (χ0n) is 9.96. The Bertz CT molecular complexity index is 274. The van der Waals surface area contributed by atoms with E-state index in [0.29, 0.717) is 0 Å². The first-order valence-electron chi connectivity index (χ1n) is 5.81. The van der Waals surface area contributed by atoms with E-state index < -0.39 is 0 Å². The van der Waals surface area contributed by atoms with Gasteiger partial charge in [-0.15, -0.1) is 0 Å². The standard InChI is InChI=1S/C14H21Br/c1-4-12-5-7-13(8-6-12)9-14(10-15)11(2)3/h5-8,11,14H,4,9-10H2,1-3H3. The summed E-state index contributed by atoms with van der Waals surface area (Å²) in [6.45, 7) is 6.79. The average Bonchev–Trinajstić information content (AvgIpc) is 2.26. The van der Waals surface area contributed by atoms with Crippen LogP contribution in [0.3, 0.4) is 0 Å². The summed E-state index contributed by atoms with van der Waals surface area (Å²) in [6.07, 6.45) is 2.32. The van der Waals surface area contributed by atoms with Gasteiger partial charge in [0, 0.05) is 5.33 Å². The van der Waals surface area contributed by atoms with Gasteiger partial charge in [-0.05, 0) is 35.8 Å². The minimum absolute atomic E-state index is 0.746. The minimum atomic E-state index is 0.746. The highest BCUT2D eigenvalue weighted by atomic mass is 79.9. The fourth-order valence-corrected chi connectivity index (χ4v) is 2.66. The Balaban J connectivity index is 2.63. The van der Waals surface area contributed by atoms with Gasteiger partial charge in [-0.2, -0.15) is 0 Å². The Kier molecular flexibility index (Phi) is 5.38. The molecule has 15 heavy (non-hydrogen) atoms. The van der Waals surface area contributed by atoms with Crippen molar-refractivity contribution in [1.82, 2.24) is 0 Å². The van der Waals surface area contributed by atoms with Crippen LogP contribution in [0.4, 0.5) is 0 Å². The SMILES string of the molecule is CCc1ccc(CC(CBr)C(C)C)cc1. The van der Waals surface area contributed by atoms with E-state index in [1.807, 2.05) is 0 Å². The molecule has 1 aromatic carbocycles. The maximum absolute atomic E-state index is 3.60. The molecule has 1 aromatic rings. The lowest BCUT2D eigenvalue weighted by atomic mass is 9.91. The lowest BCUT2D eigenvalue weighted by Gasteiger charge is -2.18. The summed E-state index contributed by atoms with van der Waals surface area (Å²) in [5.41, 5.74) is 2.89. The number of rotatable bonds is 5. The Hall–Kier alpha value is -0.300. The highest BCUT2D eigenvalue weighted by molar-refractivity contribution is 9.09. The predicted octanol–water partition coefficient (Wildman–Crippen LogP) is 4.46. The van der Waals surface area contributed by atoms with E-state index in [0.717, 1.165) is 23.6 Å². The molecule has 0 fully saturated rings. The molecule has 0 nitrogen and oxygen atoms in total. The second-order valence-corrected chi connectivity index (χ2v) is 5.18. The molecule has 1 heteroatoms. The van der Waals surface area contributed by atoms with Crippen LogP contribution in [0.15, 0.2) is 24.3 Å². The normalized spacial score (nSPS) is 13.1. The molecule has 0 N–H and O–H groups in total. The number of halogens is 1. The molecule has 1 rings (SSSR count). The van der Waals surface area contributed by atoms with Crippen molar-refractivity contribution >= 4 is 15.9 Å². The van der Waals surface area contributed by atoms with Crippen LogP contribution in [0.25, 0.3) is 0 Å². The molecule has 1 atom stereocenters. The molecule has 1 unspecified atom stereocenters. The van der Waals surface area contributed by atoms with Crippen LogP contribution in [0, 0.1) is 11.8 Å². The van der Waals surface area contributed by atoms with Gasteiger partial charge in [0.1, 0.15) is 0 Å². The smallest absolute Gasteiger partial charge is 0.00652 e. The van der Waals surface area contributed by atoms with Crippen LogP contribution in [0.2, 0.25) is 0 Å². The first-order chi connectivity index (χ1) is 7.17.